The Morgan fingerprint density at radius 3 is 2.86 bits per heavy atom. The zero-order valence-corrected chi connectivity index (χ0v) is 13.2. The summed E-state index contributed by atoms with van der Waals surface area (Å²) in [5.74, 6) is 0.0288. The minimum absolute atomic E-state index is 0.00646. The Balaban J connectivity index is 1.91. The van der Waals surface area contributed by atoms with E-state index in [-0.39, 0.29) is 24.6 Å². The number of carbonyl (C=O) groups excluding carboxylic acids is 1. The quantitative estimate of drug-likeness (QED) is 0.871. The summed E-state index contributed by atoms with van der Waals surface area (Å²) in [6, 6.07) is 6.45. The van der Waals surface area contributed by atoms with Crippen LogP contribution in [0, 0.1) is 13.8 Å². The number of likely N-dealkylation sites (tertiary alicyclic amines) is 1. The lowest BCUT2D eigenvalue weighted by atomic mass is 10.0. The first-order valence-corrected chi connectivity index (χ1v) is 7.72. The molecule has 4 nitrogen and oxygen atoms in total. The van der Waals surface area contributed by atoms with E-state index >= 15 is 0 Å². The molecule has 0 saturated carbocycles. The molecule has 2 N–H and O–H groups in total. The molecule has 0 aromatic heterocycles. The Bertz CT molecular complexity index is 502. The highest BCUT2D eigenvalue weighted by Gasteiger charge is 2.25. The molecule has 2 rings (SSSR count). The molecule has 1 fully saturated rings. The molecule has 0 radical (unpaired) electrons. The van der Waals surface area contributed by atoms with Crippen LogP contribution in [0.2, 0.25) is 0 Å². The van der Waals surface area contributed by atoms with Crippen LogP contribution in [0.3, 0.4) is 0 Å². The molecule has 1 aromatic carbocycles. The number of amides is 1. The van der Waals surface area contributed by atoms with Gasteiger partial charge in [-0.3, -0.25) is 9.69 Å². The predicted molar refractivity (Wildman–Crippen MR) is 84.2 cm³/mol. The molecule has 2 atom stereocenters. The minimum Gasteiger partial charge on any atom is -0.395 e. The van der Waals surface area contributed by atoms with Crippen molar-refractivity contribution in [1.82, 2.24) is 10.2 Å². The molecule has 1 aromatic rings. The maximum Gasteiger partial charge on any atom is 0.234 e. The van der Waals surface area contributed by atoms with Crippen LogP contribution in [-0.4, -0.2) is 41.7 Å². The largest absolute Gasteiger partial charge is 0.395 e. The van der Waals surface area contributed by atoms with Crippen molar-refractivity contribution in [3.05, 3.63) is 34.9 Å². The van der Waals surface area contributed by atoms with E-state index in [2.05, 4.69) is 42.3 Å². The zero-order chi connectivity index (χ0) is 15.4. The van der Waals surface area contributed by atoms with E-state index in [0.29, 0.717) is 6.54 Å². The Hall–Kier alpha value is -1.39. The van der Waals surface area contributed by atoms with Crippen LogP contribution < -0.4 is 5.32 Å². The normalized spacial score (nSPS) is 20.5. The summed E-state index contributed by atoms with van der Waals surface area (Å²) < 4.78 is 0. The van der Waals surface area contributed by atoms with Gasteiger partial charge in [0.05, 0.1) is 19.2 Å². The van der Waals surface area contributed by atoms with Gasteiger partial charge in [0.15, 0.2) is 0 Å². The summed E-state index contributed by atoms with van der Waals surface area (Å²) in [5, 5.41) is 12.3. The van der Waals surface area contributed by atoms with Gasteiger partial charge < -0.3 is 10.4 Å². The van der Waals surface area contributed by atoms with E-state index in [1.54, 1.807) is 0 Å². The number of aliphatic hydroxyl groups is 1. The lowest BCUT2D eigenvalue weighted by Gasteiger charge is -2.23. The highest BCUT2D eigenvalue weighted by molar-refractivity contribution is 5.78. The van der Waals surface area contributed by atoms with Gasteiger partial charge in [0.1, 0.15) is 0 Å². The molecule has 21 heavy (non-hydrogen) atoms. The summed E-state index contributed by atoms with van der Waals surface area (Å²) >= 11 is 0. The number of rotatable bonds is 5. The van der Waals surface area contributed by atoms with Gasteiger partial charge in [-0.1, -0.05) is 18.2 Å². The smallest absolute Gasteiger partial charge is 0.234 e. The molecule has 0 bridgehead atoms. The molecule has 1 aliphatic heterocycles. The number of aryl methyl sites for hydroxylation is 2. The summed E-state index contributed by atoms with van der Waals surface area (Å²) in [6.07, 6.45) is 2.04. The molecule has 1 amide bonds. The fourth-order valence-electron chi connectivity index (χ4n) is 2.90. The maximum atomic E-state index is 12.2. The van der Waals surface area contributed by atoms with Gasteiger partial charge in [0.25, 0.3) is 0 Å². The molecule has 116 valence electrons. The van der Waals surface area contributed by atoms with Gasteiger partial charge in [0, 0.05) is 6.04 Å². The topological polar surface area (TPSA) is 52.6 Å². The Morgan fingerprint density at radius 2 is 2.19 bits per heavy atom. The first-order valence-electron chi connectivity index (χ1n) is 7.72. The van der Waals surface area contributed by atoms with Crippen molar-refractivity contribution in [2.45, 2.75) is 45.7 Å². The molecular formula is C17H26N2O2. The molecule has 4 heteroatoms. The second kappa shape index (κ2) is 7.05. The average Bonchev–Trinajstić information content (AvgIpc) is 2.88. The van der Waals surface area contributed by atoms with E-state index in [1.165, 1.54) is 11.1 Å². The molecule has 1 saturated heterocycles. The Labute approximate surface area is 127 Å². The van der Waals surface area contributed by atoms with Crippen LogP contribution in [0.4, 0.5) is 0 Å². The lowest BCUT2D eigenvalue weighted by Crippen LogP contribution is -2.41. The van der Waals surface area contributed by atoms with Crippen molar-refractivity contribution < 1.29 is 9.90 Å². The molecule has 0 spiro atoms. The van der Waals surface area contributed by atoms with Crippen molar-refractivity contribution in [3.63, 3.8) is 0 Å². The van der Waals surface area contributed by atoms with Gasteiger partial charge in [-0.2, -0.15) is 0 Å². The van der Waals surface area contributed by atoms with E-state index in [4.69, 9.17) is 0 Å². The van der Waals surface area contributed by atoms with Gasteiger partial charge in [-0.25, -0.2) is 0 Å². The van der Waals surface area contributed by atoms with Crippen molar-refractivity contribution in [3.8, 4) is 0 Å². The highest BCUT2D eigenvalue weighted by atomic mass is 16.3. The van der Waals surface area contributed by atoms with Crippen LogP contribution in [0.1, 0.15) is 42.5 Å². The SMILES string of the molecule is Cc1ccc(C(C)NC(=O)CN2CCCC2CO)cc1C. The van der Waals surface area contributed by atoms with E-state index in [0.717, 1.165) is 24.9 Å². The van der Waals surface area contributed by atoms with Crippen LogP contribution in [-0.2, 0) is 4.79 Å². The number of nitrogens with zero attached hydrogens (tertiary/aromatic N) is 1. The number of hydrogen-bond donors (Lipinski definition) is 2. The first-order chi connectivity index (χ1) is 10.0. The van der Waals surface area contributed by atoms with E-state index in [9.17, 15) is 9.90 Å². The van der Waals surface area contributed by atoms with Crippen molar-refractivity contribution in [1.29, 1.82) is 0 Å². The molecular weight excluding hydrogens is 264 g/mol. The van der Waals surface area contributed by atoms with Crippen molar-refractivity contribution in [2.75, 3.05) is 19.7 Å². The van der Waals surface area contributed by atoms with E-state index in [1.807, 2.05) is 6.92 Å². The summed E-state index contributed by atoms with van der Waals surface area (Å²) in [4.78, 5) is 14.2. The zero-order valence-electron chi connectivity index (χ0n) is 13.2. The number of nitrogens with one attached hydrogen (secondary N) is 1. The Morgan fingerprint density at radius 1 is 1.43 bits per heavy atom. The predicted octanol–water partition coefficient (Wildman–Crippen LogP) is 1.94. The third kappa shape index (κ3) is 4.05. The molecule has 1 aliphatic rings. The highest BCUT2D eigenvalue weighted by Crippen LogP contribution is 2.18. The minimum atomic E-state index is 0.00646. The molecule has 1 heterocycles. The van der Waals surface area contributed by atoms with Crippen molar-refractivity contribution in [2.24, 2.45) is 0 Å². The third-order valence-electron chi connectivity index (χ3n) is 4.46. The molecule has 0 aliphatic carbocycles. The summed E-state index contributed by atoms with van der Waals surface area (Å²) in [7, 11) is 0. The van der Waals surface area contributed by atoms with Crippen LogP contribution in [0.5, 0.6) is 0 Å². The summed E-state index contributed by atoms with van der Waals surface area (Å²) in [6.45, 7) is 7.60. The van der Waals surface area contributed by atoms with Crippen molar-refractivity contribution >= 4 is 5.91 Å². The second-order valence-electron chi connectivity index (χ2n) is 6.08. The van der Waals surface area contributed by atoms with Gasteiger partial charge in [0.2, 0.25) is 5.91 Å². The average molecular weight is 290 g/mol. The summed E-state index contributed by atoms with van der Waals surface area (Å²) in [5.41, 5.74) is 3.64. The van der Waals surface area contributed by atoms with Gasteiger partial charge >= 0.3 is 0 Å². The number of hydrogen-bond acceptors (Lipinski definition) is 3. The monoisotopic (exact) mass is 290 g/mol. The third-order valence-corrected chi connectivity index (χ3v) is 4.46. The fraction of sp³-hybridized carbons (Fsp3) is 0.588. The van der Waals surface area contributed by atoms with Gasteiger partial charge in [-0.15, -0.1) is 0 Å². The number of aliphatic hydroxyl groups excluding tert-OH is 1. The standard InChI is InChI=1S/C17H26N2O2/c1-12-6-7-15(9-13(12)2)14(3)18-17(21)10-19-8-4-5-16(19)11-20/h6-7,9,14,16,20H,4-5,8,10-11H2,1-3H3,(H,18,21). The van der Waals surface area contributed by atoms with E-state index < -0.39 is 0 Å². The van der Waals surface area contributed by atoms with Crippen LogP contribution in [0.25, 0.3) is 0 Å². The second-order valence-corrected chi connectivity index (χ2v) is 6.08. The maximum absolute atomic E-state index is 12.2. The molecule has 2 unspecified atom stereocenters. The number of carbonyl (C=O) groups is 1. The van der Waals surface area contributed by atoms with Crippen LogP contribution in [0.15, 0.2) is 18.2 Å². The number of benzene rings is 1. The van der Waals surface area contributed by atoms with Crippen LogP contribution >= 0.6 is 0 Å². The van der Waals surface area contributed by atoms with Gasteiger partial charge in [-0.05, 0) is 56.8 Å². The fourth-order valence-corrected chi connectivity index (χ4v) is 2.90. The Kier molecular flexibility index (Phi) is 5.37. The lowest BCUT2D eigenvalue weighted by molar-refractivity contribution is -0.123. The first kappa shape index (κ1) is 16.0.